The molecule has 1 heterocycles. The van der Waals surface area contributed by atoms with Gasteiger partial charge in [0.15, 0.2) is 0 Å². The highest BCUT2D eigenvalue weighted by Crippen LogP contribution is 2.28. The SMILES string of the molecule is CC(C)CC(C)N(C)C(CN)c1cncc2ccccc12. The number of nitrogens with two attached hydrogens (primary N) is 1. The monoisotopic (exact) mass is 285 g/mol. The molecule has 2 N–H and O–H groups in total. The van der Waals surface area contributed by atoms with E-state index in [1.807, 2.05) is 12.4 Å². The van der Waals surface area contributed by atoms with Crippen molar-refractivity contribution in [1.82, 2.24) is 9.88 Å². The van der Waals surface area contributed by atoms with E-state index in [9.17, 15) is 0 Å². The third kappa shape index (κ3) is 3.60. The standard InChI is InChI=1S/C18H27N3/c1-13(2)9-14(3)21(4)18(10-19)17-12-20-11-15-7-5-6-8-16(15)17/h5-8,11-14,18H,9-10,19H2,1-4H3. The molecule has 0 saturated heterocycles. The van der Waals surface area contributed by atoms with Crippen molar-refractivity contribution in [3.8, 4) is 0 Å². The molecule has 114 valence electrons. The molecule has 0 amide bonds. The van der Waals surface area contributed by atoms with Crippen molar-refractivity contribution in [2.75, 3.05) is 13.6 Å². The summed E-state index contributed by atoms with van der Waals surface area (Å²) in [6, 6.07) is 9.11. The molecule has 0 bridgehead atoms. The van der Waals surface area contributed by atoms with Crippen LogP contribution in [0.3, 0.4) is 0 Å². The Hall–Kier alpha value is -1.45. The van der Waals surface area contributed by atoms with E-state index in [0.717, 1.165) is 0 Å². The lowest BCUT2D eigenvalue weighted by Gasteiger charge is -2.34. The molecule has 0 saturated carbocycles. The van der Waals surface area contributed by atoms with Crippen molar-refractivity contribution in [3.05, 3.63) is 42.2 Å². The lowest BCUT2D eigenvalue weighted by atomic mass is 9.97. The van der Waals surface area contributed by atoms with Crippen LogP contribution in [-0.2, 0) is 0 Å². The van der Waals surface area contributed by atoms with Crippen LogP contribution in [0, 0.1) is 5.92 Å². The van der Waals surface area contributed by atoms with Gasteiger partial charge < -0.3 is 5.73 Å². The molecular formula is C18H27N3. The fourth-order valence-corrected chi connectivity index (χ4v) is 3.07. The molecule has 2 unspecified atom stereocenters. The summed E-state index contributed by atoms with van der Waals surface area (Å²) in [6.07, 6.45) is 5.06. The van der Waals surface area contributed by atoms with Crippen LogP contribution in [0.15, 0.2) is 36.7 Å². The van der Waals surface area contributed by atoms with Gasteiger partial charge >= 0.3 is 0 Å². The number of benzene rings is 1. The molecule has 0 radical (unpaired) electrons. The van der Waals surface area contributed by atoms with E-state index < -0.39 is 0 Å². The zero-order valence-corrected chi connectivity index (χ0v) is 13.6. The smallest absolute Gasteiger partial charge is 0.0491 e. The summed E-state index contributed by atoms with van der Waals surface area (Å²) < 4.78 is 0. The molecule has 2 aromatic rings. The average molecular weight is 285 g/mol. The molecule has 2 atom stereocenters. The van der Waals surface area contributed by atoms with Crippen LogP contribution in [0.5, 0.6) is 0 Å². The first-order chi connectivity index (χ1) is 10.0. The average Bonchev–Trinajstić information content (AvgIpc) is 2.47. The van der Waals surface area contributed by atoms with Gasteiger partial charge in [0.25, 0.3) is 0 Å². The first-order valence-electron chi connectivity index (χ1n) is 7.79. The van der Waals surface area contributed by atoms with Crippen LogP contribution in [0.4, 0.5) is 0 Å². The number of hydrogen-bond acceptors (Lipinski definition) is 3. The van der Waals surface area contributed by atoms with Gasteiger partial charge in [-0.1, -0.05) is 38.1 Å². The van der Waals surface area contributed by atoms with Crippen LogP contribution in [0.2, 0.25) is 0 Å². The number of pyridine rings is 1. The number of nitrogens with zero attached hydrogens (tertiary/aromatic N) is 2. The number of likely N-dealkylation sites (N-methyl/N-ethyl adjacent to an activating group) is 1. The van der Waals surface area contributed by atoms with Crippen molar-refractivity contribution in [2.45, 2.75) is 39.3 Å². The Bertz CT molecular complexity index is 574. The van der Waals surface area contributed by atoms with E-state index in [-0.39, 0.29) is 6.04 Å². The van der Waals surface area contributed by atoms with Gasteiger partial charge in [0.1, 0.15) is 0 Å². The predicted molar refractivity (Wildman–Crippen MR) is 90.2 cm³/mol. The van der Waals surface area contributed by atoms with E-state index in [1.54, 1.807) is 0 Å². The Balaban J connectivity index is 2.35. The molecule has 0 aliphatic carbocycles. The quantitative estimate of drug-likeness (QED) is 0.881. The highest BCUT2D eigenvalue weighted by atomic mass is 15.2. The zero-order valence-electron chi connectivity index (χ0n) is 13.6. The maximum atomic E-state index is 6.10. The minimum Gasteiger partial charge on any atom is -0.329 e. The van der Waals surface area contributed by atoms with Gasteiger partial charge in [0.2, 0.25) is 0 Å². The van der Waals surface area contributed by atoms with Crippen molar-refractivity contribution in [1.29, 1.82) is 0 Å². The van der Waals surface area contributed by atoms with Crippen molar-refractivity contribution >= 4 is 10.8 Å². The van der Waals surface area contributed by atoms with Gasteiger partial charge in [-0.25, -0.2) is 0 Å². The molecule has 0 aliphatic rings. The largest absolute Gasteiger partial charge is 0.329 e. The number of aromatic nitrogens is 1. The topological polar surface area (TPSA) is 42.1 Å². The summed E-state index contributed by atoms with van der Waals surface area (Å²) >= 11 is 0. The molecule has 0 spiro atoms. The Morgan fingerprint density at radius 1 is 1.14 bits per heavy atom. The summed E-state index contributed by atoms with van der Waals surface area (Å²) in [5.41, 5.74) is 7.33. The van der Waals surface area contributed by atoms with Gasteiger partial charge in [-0.15, -0.1) is 0 Å². The molecule has 0 fully saturated rings. The normalized spacial score (nSPS) is 14.8. The second-order valence-corrected chi connectivity index (χ2v) is 6.35. The second kappa shape index (κ2) is 7.01. The second-order valence-electron chi connectivity index (χ2n) is 6.35. The third-order valence-electron chi connectivity index (χ3n) is 4.28. The molecule has 1 aromatic carbocycles. The van der Waals surface area contributed by atoms with Gasteiger partial charge in [-0.2, -0.15) is 0 Å². The van der Waals surface area contributed by atoms with Gasteiger partial charge in [-0.05, 0) is 37.3 Å². The van der Waals surface area contributed by atoms with Gasteiger partial charge in [-0.3, -0.25) is 9.88 Å². The maximum absolute atomic E-state index is 6.10. The minimum atomic E-state index is 0.206. The zero-order chi connectivity index (χ0) is 15.4. The first kappa shape index (κ1) is 15.9. The van der Waals surface area contributed by atoms with Crippen molar-refractivity contribution in [2.24, 2.45) is 11.7 Å². The summed E-state index contributed by atoms with van der Waals surface area (Å²) in [5.74, 6) is 0.687. The highest BCUT2D eigenvalue weighted by molar-refractivity contribution is 5.85. The summed E-state index contributed by atoms with van der Waals surface area (Å²) in [6.45, 7) is 7.42. The number of rotatable bonds is 6. The van der Waals surface area contributed by atoms with Crippen LogP contribution >= 0.6 is 0 Å². The molecule has 21 heavy (non-hydrogen) atoms. The first-order valence-corrected chi connectivity index (χ1v) is 7.79. The van der Waals surface area contributed by atoms with E-state index in [0.29, 0.717) is 18.5 Å². The van der Waals surface area contributed by atoms with E-state index in [2.05, 4.69) is 62.0 Å². The summed E-state index contributed by atoms with van der Waals surface area (Å²) in [5, 5.41) is 2.44. The van der Waals surface area contributed by atoms with Gasteiger partial charge in [0.05, 0.1) is 0 Å². The number of fused-ring (bicyclic) bond motifs is 1. The Morgan fingerprint density at radius 3 is 2.52 bits per heavy atom. The van der Waals surface area contributed by atoms with Crippen LogP contribution in [0.25, 0.3) is 10.8 Å². The maximum Gasteiger partial charge on any atom is 0.0491 e. The fourth-order valence-electron chi connectivity index (χ4n) is 3.07. The van der Waals surface area contributed by atoms with Gasteiger partial charge in [0, 0.05) is 36.4 Å². The minimum absolute atomic E-state index is 0.206. The van der Waals surface area contributed by atoms with Crippen LogP contribution in [-0.4, -0.2) is 29.5 Å². The Kier molecular flexibility index (Phi) is 5.32. The summed E-state index contributed by atoms with van der Waals surface area (Å²) in [4.78, 5) is 6.79. The van der Waals surface area contributed by atoms with Crippen molar-refractivity contribution < 1.29 is 0 Å². The molecule has 0 aliphatic heterocycles. The molecular weight excluding hydrogens is 258 g/mol. The molecule has 2 rings (SSSR count). The highest BCUT2D eigenvalue weighted by Gasteiger charge is 2.22. The van der Waals surface area contributed by atoms with Crippen LogP contribution < -0.4 is 5.73 Å². The van der Waals surface area contributed by atoms with Crippen molar-refractivity contribution in [3.63, 3.8) is 0 Å². The Morgan fingerprint density at radius 2 is 1.86 bits per heavy atom. The van der Waals surface area contributed by atoms with Crippen LogP contribution in [0.1, 0.15) is 38.8 Å². The predicted octanol–water partition coefficient (Wildman–Crippen LogP) is 3.60. The lowest BCUT2D eigenvalue weighted by molar-refractivity contribution is 0.169. The molecule has 3 nitrogen and oxygen atoms in total. The summed E-state index contributed by atoms with van der Waals surface area (Å²) in [7, 11) is 2.17. The molecule has 3 heteroatoms. The number of hydrogen-bond donors (Lipinski definition) is 1. The molecule has 1 aromatic heterocycles. The lowest BCUT2D eigenvalue weighted by Crippen LogP contribution is -2.37. The Labute approximate surface area is 128 Å². The van der Waals surface area contributed by atoms with E-state index >= 15 is 0 Å². The van der Waals surface area contributed by atoms with E-state index in [1.165, 1.54) is 22.8 Å². The third-order valence-corrected chi connectivity index (χ3v) is 4.28. The fraction of sp³-hybridized carbons (Fsp3) is 0.500. The van der Waals surface area contributed by atoms with E-state index in [4.69, 9.17) is 5.73 Å².